The van der Waals surface area contributed by atoms with Crippen molar-refractivity contribution in [3.05, 3.63) is 57.7 Å². The minimum Gasteiger partial charge on any atom is -0.507 e. The third-order valence-corrected chi connectivity index (χ3v) is 7.10. The summed E-state index contributed by atoms with van der Waals surface area (Å²) in [6.07, 6.45) is 9.19. The summed E-state index contributed by atoms with van der Waals surface area (Å²) in [7, 11) is 0. The molecular weight excluding hydrogens is 376 g/mol. The van der Waals surface area contributed by atoms with Crippen LogP contribution in [0.1, 0.15) is 104 Å². The molecule has 0 radical (unpaired) electrons. The van der Waals surface area contributed by atoms with Crippen LogP contribution >= 0.6 is 0 Å². The number of rotatable bonds is 3. The average Bonchev–Trinajstić information content (AvgIpc) is 3.50. The summed E-state index contributed by atoms with van der Waals surface area (Å²) in [4.78, 5) is 0. The van der Waals surface area contributed by atoms with Crippen molar-refractivity contribution < 1.29 is 5.11 Å². The van der Waals surface area contributed by atoms with E-state index in [1.54, 1.807) is 0 Å². The molecule has 31 heavy (non-hydrogen) atoms. The molecule has 1 heteroatoms. The van der Waals surface area contributed by atoms with Crippen LogP contribution in [0.3, 0.4) is 0 Å². The molecule has 1 aromatic rings. The van der Waals surface area contributed by atoms with Crippen LogP contribution in [0.2, 0.25) is 0 Å². The Kier molecular flexibility index (Phi) is 7.11. The predicted octanol–water partition coefficient (Wildman–Crippen LogP) is 9.06. The van der Waals surface area contributed by atoms with Crippen molar-refractivity contribution in [1.29, 1.82) is 0 Å². The molecular formula is C30H46O. The summed E-state index contributed by atoms with van der Waals surface area (Å²) < 4.78 is 0. The van der Waals surface area contributed by atoms with E-state index in [1.165, 1.54) is 27.8 Å². The molecule has 3 rings (SSSR count). The molecule has 2 aliphatic carbocycles. The molecule has 0 heterocycles. The van der Waals surface area contributed by atoms with E-state index in [1.807, 2.05) is 13.8 Å². The maximum atomic E-state index is 11.6. The molecule has 0 spiro atoms. The third kappa shape index (κ3) is 4.71. The van der Waals surface area contributed by atoms with Crippen LogP contribution in [-0.4, -0.2) is 5.11 Å². The van der Waals surface area contributed by atoms with Gasteiger partial charge in [0, 0.05) is 17.0 Å². The molecule has 172 valence electrons. The van der Waals surface area contributed by atoms with E-state index >= 15 is 0 Å². The lowest BCUT2D eigenvalue weighted by Crippen LogP contribution is -2.28. The first-order valence-corrected chi connectivity index (χ1v) is 12.2. The standard InChI is InChI=1S/C28H40O.C2H6/c1-11-28(10)15-14-20(26(4,5)6)23(19-12-13-19)24(28)22-18(3)17(2)16-21(25(22)29)27(7,8)9;1-2/h12-14,16,19,29H,11,15H2,1-10H3;1-2H3. The number of aryl methyl sites for hydroxylation is 1. The highest BCUT2D eigenvalue weighted by atomic mass is 16.3. The fraction of sp³-hybridized carbons (Fsp3) is 0.600. The second kappa shape index (κ2) is 8.64. The summed E-state index contributed by atoms with van der Waals surface area (Å²) in [6, 6.07) is 2.19. The third-order valence-electron chi connectivity index (χ3n) is 7.10. The summed E-state index contributed by atoms with van der Waals surface area (Å²) in [5, 5.41) is 11.6. The van der Waals surface area contributed by atoms with Crippen molar-refractivity contribution >= 4 is 5.57 Å². The minimum atomic E-state index is -0.101. The number of benzene rings is 1. The van der Waals surface area contributed by atoms with Gasteiger partial charge in [-0.15, -0.1) is 0 Å². The van der Waals surface area contributed by atoms with E-state index in [9.17, 15) is 5.11 Å². The lowest BCUT2D eigenvalue weighted by molar-refractivity contribution is 0.403. The van der Waals surface area contributed by atoms with Crippen LogP contribution in [0.4, 0.5) is 0 Å². The van der Waals surface area contributed by atoms with E-state index in [0.717, 1.165) is 24.0 Å². The van der Waals surface area contributed by atoms with E-state index in [0.29, 0.717) is 11.7 Å². The Morgan fingerprint density at radius 1 is 1.00 bits per heavy atom. The first kappa shape index (κ1) is 25.5. The second-order valence-electron chi connectivity index (χ2n) is 11.5. The normalized spacial score (nSPS) is 21.6. The molecule has 1 unspecified atom stereocenters. The van der Waals surface area contributed by atoms with Crippen LogP contribution < -0.4 is 0 Å². The Balaban J connectivity index is 0.00000166. The summed E-state index contributed by atoms with van der Waals surface area (Å²) in [5.74, 6) is 0.891. The highest BCUT2D eigenvalue weighted by Crippen LogP contribution is 2.57. The van der Waals surface area contributed by atoms with Crippen molar-refractivity contribution in [2.45, 2.75) is 101 Å². The molecule has 0 aromatic heterocycles. The molecule has 1 nitrogen and oxygen atoms in total. The summed E-state index contributed by atoms with van der Waals surface area (Å²) in [6.45, 7) is 26.6. The van der Waals surface area contributed by atoms with Gasteiger partial charge in [0.05, 0.1) is 0 Å². The molecule has 1 atom stereocenters. The Morgan fingerprint density at radius 2 is 1.55 bits per heavy atom. The van der Waals surface area contributed by atoms with Gasteiger partial charge in [-0.1, -0.05) is 93.5 Å². The van der Waals surface area contributed by atoms with Gasteiger partial charge >= 0.3 is 0 Å². The molecule has 1 N–H and O–H groups in total. The molecule has 0 saturated heterocycles. The van der Waals surface area contributed by atoms with Crippen molar-refractivity contribution in [2.75, 3.05) is 0 Å². The van der Waals surface area contributed by atoms with Crippen molar-refractivity contribution in [1.82, 2.24) is 0 Å². The summed E-state index contributed by atoms with van der Waals surface area (Å²) in [5.41, 5.74) is 8.92. The Bertz CT molecular complexity index is 919. The Hall–Kier alpha value is -1.76. The number of allylic oxidation sites excluding steroid dienone is 6. The number of aromatic hydroxyl groups is 1. The minimum absolute atomic E-state index is 0.0273. The quantitative estimate of drug-likeness (QED) is 0.482. The zero-order valence-corrected chi connectivity index (χ0v) is 22.2. The molecule has 0 bridgehead atoms. The van der Waals surface area contributed by atoms with Gasteiger partial charge in [0.15, 0.2) is 0 Å². The van der Waals surface area contributed by atoms with E-state index in [4.69, 9.17) is 0 Å². The molecule has 1 aromatic carbocycles. The van der Waals surface area contributed by atoms with Gasteiger partial charge in [0.25, 0.3) is 0 Å². The Morgan fingerprint density at radius 3 is 1.97 bits per heavy atom. The van der Waals surface area contributed by atoms with E-state index in [2.05, 4.69) is 93.5 Å². The van der Waals surface area contributed by atoms with Gasteiger partial charge in [-0.3, -0.25) is 0 Å². The molecule has 0 amide bonds. The lowest BCUT2D eigenvalue weighted by atomic mass is 9.62. The van der Waals surface area contributed by atoms with E-state index < -0.39 is 0 Å². The van der Waals surface area contributed by atoms with Gasteiger partial charge in [0.2, 0.25) is 0 Å². The van der Waals surface area contributed by atoms with Crippen molar-refractivity contribution in [2.24, 2.45) is 16.7 Å². The van der Waals surface area contributed by atoms with Gasteiger partial charge in [-0.05, 0) is 70.8 Å². The fourth-order valence-corrected chi connectivity index (χ4v) is 4.84. The van der Waals surface area contributed by atoms with Gasteiger partial charge in [-0.2, -0.15) is 0 Å². The number of hydrogen-bond donors (Lipinski definition) is 1. The monoisotopic (exact) mass is 422 g/mol. The highest BCUT2D eigenvalue weighted by molar-refractivity contribution is 5.86. The molecule has 0 fully saturated rings. The van der Waals surface area contributed by atoms with Crippen LogP contribution in [0.25, 0.3) is 5.57 Å². The zero-order valence-electron chi connectivity index (χ0n) is 22.2. The average molecular weight is 423 g/mol. The fourth-order valence-electron chi connectivity index (χ4n) is 4.84. The maximum Gasteiger partial charge on any atom is 0.127 e. The number of hydrogen-bond acceptors (Lipinski definition) is 1. The molecule has 2 aliphatic rings. The van der Waals surface area contributed by atoms with Gasteiger partial charge in [0.1, 0.15) is 5.75 Å². The Labute approximate surface area is 192 Å². The molecule has 0 saturated carbocycles. The SMILES string of the molecule is CC.CCC1(C)CC=C(C(C)(C)C)C(C2C=C2)=C1c1c(C)c(C)cc(C(C)(C)C)c1O. The smallest absolute Gasteiger partial charge is 0.127 e. The lowest BCUT2D eigenvalue weighted by Gasteiger charge is -2.42. The zero-order chi connectivity index (χ0) is 23.9. The largest absolute Gasteiger partial charge is 0.507 e. The van der Waals surface area contributed by atoms with E-state index in [-0.39, 0.29) is 16.2 Å². The predicted molar refractivity (Wildman–Crippen MR) is 138 cm³/mol. The van der Waals surface area contributed by atoms with Crippen molar-refractivity contribution in [3.8, 4) is 5.75 Å². The maximum absolute atomic E-state index is 11.6. The number of phenols is 1. The van der Waals surface area contributed by atoms with Crippen LogP contribution in [-0.2, 0) is 5.41 Å². The topological polar surface area (TPSA) is 20.2 Å². The van der Waals surface area contributed by atoms with Crippen LogP contribution in [0, 0.1) is 30.6 Å². The molecule has 0 aliphatic heterocycles. The first-order chi connectivity index (χ1) is 14.2. The second-order valence-corrected chi connectivity index (χ2v) is 11.5. The number of phenolic OH excluding ortho intramolecular Hbond substituents is 1. The first-order valence-electron chi connectivity index (χ1n) is 12.2. The van der Waals surface area contributed by atoms with Crippen LogP contribution in [0.5, 0.6) is 5.75 Å². The highest BCUT2D eigenvalue weighted by Gasteiger charge is 2.42. The van der Waals surface area contributed by atoms with Gasteiger partial charge < -0.3 is 5.11 Å². The van der Waals surface area contributed by atoms with Gasteiger partial charge in [-0.25, -0.2) is 0 Å². The van der Waals surface area contributed by atoms with Crippen LogP contribution in [0.15, 0.2) is 35.4 Å². The van der Waals surface area contributed by atoms with Crippen molar-refractivity contribution in [3.63, 3.8) is 0 Å². The summed E-state index contributed by atoms with van der Waals surface area (Å²) >= 11 is 0.